The Morgan fingerprint density at radius 2 is 0.541 bits per heavy atom. The average Bonchev–Trinajstić information content (AvgIpc) is 3.49. The van der Waals surface area contributed by atoms with E-state index in [1.54, 1.807) is 0 Å². The number of hydrogen-bond acceptors (Lipinski definition) is 15. The molecule has 0 saturated heterocycles. The number of carbonyl (C=O) groups is 4. The third-order valence-electron chi connectivity index (χ3n) is 15.3. The van der Waals surface area contributed by atoms with Crippen LogP contribution in [0.3, 0.4) is 0 Å². The normalized spacial score (nSPS) is 14.2. The van der Waals surface area contributed by atoms with Crippen molar-refractivity contribution in [3.63, 3.8) is 0 Å². The molecular formula is C66H128O17P2. The Labute approximate surface area is 517 Å². The summed E-state index contributed by atoms with van der Waals surface area (Å²) in [6, 6.07) is 0. The van der Waals surface area contributed by atoms with Crippen molar-refractivity contribution in [2.24, 2.45) is 5.92 Å². The molecule has 0 aromatic carbocycles. The maximum absolute atomic E-state index is 13.0. The summed E-state index contributed by atoms with van der Waals surface area (Å²) in [6.45, 7) is 7.18. The predicted octanol–water partition coefficient (Wildman–Crippen LogP) is 18.6. The summed E-state index contributed by atoms with van der Waals surface area (Å²) in [6.07, 6.45) is 44.5. The first-order valence-electron chi connectivity index (χ1n) is 34.6. The second-order valence-corrected chi connectivity index (χ2v) is 27.2. The van der Waals surface area contributed by atoms with Crippen molar-refractivity contribution in [2.45, 2.75) is 355 Å². The zero-order valence-corrected chi connectivity index (χ0v) is 56.5. The second kappa shape index (κ2) is 59.7. The van der Waals surface area contributed by atoms with Gasteiger partial charge in [-0.3, -0.25) is 37.3 Å². The van der Waals surface area contributed by atoms with Crippen LogP contribution in [0, 0.1) is 5.92 Å². The van der Waals surface area contributed by atoms with Crippen LogP contribution < -0.4 is 0 Å². The molecule has 0 amide bonds. The lowest BCUT2D eigenvalue weighted by atomic mass is 10.0. The summed E-state index contributed by atoms with van der Waals surface area (Å²) in [5, 5.41) is 10.5. The molecule has 17 nitrogen and oxygen atoms in total. The zero-order valence-electron chi connectivity index (χ0n) is 54.7. The highest BCUT2D eigenvalue weighted by Gasteiger charge is 2.30. The van der Waals surface area contributed by atoms with Crippen LogP contribution >= 0.6 is 15.6 Å². The molecular weight excluding hydrogens is 1130 g/mol. The number of aliphatic hydroxyl groups is 1. The highest BCUT2D eigenvalue weighted by Crippen LogP contribution is 2.45. The van der Waals surface area contributed by atoms with Gasteiger partial charge in [-0.05, 0) is 31.6 Å². The molecule has 85 heavy (non-hydrogen) atoms. The van der Waals surface area contributed by atoms with Gasteiger partial charge in [-0.15, -0.1) is 0 Å². The molecule has 0 bridgehead atoms. The van der Waals surface area contributed by atoms with E-state index >= 15 is 0 Å². The molecule has 0 aliphatic rings. The van der Waals surface area contributed by atoms with Gasteiger partial charge < -0.3 is 33.8 Å². The van der Waals surface area contributed by atoms with Gasteiger partial charge in [0.05, 0.1) is 26.4 Å². The molecule has 0 saturated carbocycles. The number of phosphoric acid groups is 2. The van der Waals surface area contributed by atoms with Crippen LogP contribution in [0.4, 0.5) is 0 Å². The second-order valence-electron chi connectivity index (χ2n) is 24.3. The molecule has 0 rings (SSSR count). The third-order valence-corrected chi connectivity index (χ3v) is 17.2. The predicted molar refractivity (Wildman–Crippen MR) is 340 cm³/mol. The molecule has 3 N–H and O–H groups in total. The van der Waals surface area contributed by atoms with Crippen LogP contribution in [0.5, 0.6) is 0 Å². The average molecular weight is 1260 g/mol. The number of ether oxygens (including phenoxy) is 4. The molecule has 19 heteroatoms. The van der Waals surface area contributed by atoms with Crippen molar-refractivity contribution in [3.8, 4) is 0 Å². The first-order valence-corrected chi connectivity index (χ1v) is 37.6. The smallest absolute Gasteiger partial charge is 0.462 e. The van der Waals surface area contributed by atoms with Crippen LogP contribution in [-0.2, 0) is 65.4 Å². The number of carbonyl (C=O) groups excluding carboxylic acids is 4. The van der Waals surface area contributed by atoms with E-state index < -0.39 is 97.5 Å². The molecule has 504 valence electrons. The first kappa shape index (κ1) is 83.1. The van der Waals surface area contributed by atoms with E-state index in [0.717, 1.165) is 109 Å². The van der Waals surface area contributed by atoms with Gasteiger partial charge in [0.25, 0.3) is 0 Å². The topological polar surface area (TPSA) is 237 Å². The Balaban J connectivity index is 5.16. The monoisotopic (exact) mass is 1250 g/mol. The maximum Gasteiger partial charge on any atom is 0.472 e. The minimum atomic E-state index is -4.94. The summed E-state index contributed by atoms with van der Waals surface area (Å²) in [5.41, 5.74) is 0. The first-order chi connectivity index (χ1) is 41.0. The standard InChI is InChI=1S/C66H128O17P2/c1-6-9-12-15-18-20-26-31-35-40-45-50-64(69)77-56-62(83-66(71)52-47-42-37-32-28-25-23-21-22-24-27-30-34-38-43-48-59(4)5)58-81-85(74,75)79-54-60(67)53-78-84(72,73)80-57-61(55-76-63(68)49-44-39-33-17-14-11-8-3)82-65(70)51-46-41-36-29-19-16-13-10-7-2/h59-62,67H,6-58H2,1-5H3,(H,72,73)(H,74,75)/t60-,61+,62+/m0/s1. The summed E-state index contributed by atoms with van der Waals surface area (Å²) >= 11 is 0. The highest BCUT2D eigenvalue weighted by atomic mass is 31.2. The lowest BCUT2D eigenvalue weighted by Crippen LogP contribution is -2.30. The lowest BCUT2D eigenvalue weighted by molar-refractivity contribution is -0.161. The molecule has 0 radical (unpaired) electrons. The number of phosphoric ester groups is 2. The van der Waals surface area contributed by atoms with Gasteiger partial charge in [-0.25, -0.2) is 9.13 Å². The van der Waals surface area contributed by atoms with Gasteiger partial charge in [0.15, 0.2) is 12.2 Å². The van der Waals surface area contributed by atoms with Crippen molar-refractivity contribution in [1.29, 1.82) is 0 Å². The Kier molecular flexibility index (Phi) is 58.3. The molecule has 0 aliphatic carbocycles. The summed E-state index contributed by atoms with van der Waals surface area (Å²) in [4.78, 5) is 72.1. The van der Waals surface area contributed by atoms with Gasteiger partial charge in [-0.2, -0.15) is 0 Å². The molecule has 0 aliphatic heterocycles. The number of aliphatic hydroxyl groups excluding tert-OH is 1. The van der Waals surface area contributed by atoms with Crippen molar-refractivity contribution in [2.75, 3.05) is 39.6 Å². The Hall–Kier alpha value is -1.94. The van der Waals surface area contributed by atoms with Crippen molar-refractivity contribution in [1.82, 2.24) is 0 Å². The van der Waals surface area contributed by atoms with Crippen LogP contribution in [0.15, 0.2) is 0 Å². The van der Waals surface area contributed by atoms with Crippen LogP contribution in [0.1, 0.15) is 336 Å². The van der Waals surface area contributed by atoms with E-state index in [2.05, 4.69) is 34.6 Å². The highest BCUT2D eigenvalue weighted by molar-refractivity contribution is 7.47. The van der Waals surface area contributed by atoms with Crippen molar-refractivity contribution < 1.29 is 80.2 Å². The Morgan fingerprint density at radius 1 is 0.318 bits per heavy atom. The molecule has 5 atom stereocenters. The summed E-state index contributed by atoms with van der Waals surface area (Å²) < 4.78 is 67.9. The number of hydrogen-bond donors (Lipinski definition) is 3. The number of unbranched alkanes of at least 4 members (excludes halogenated alkanes) is 38. The quantitative estimate of drug-likeness (QED) is 0.0222. The Bertz CT molecular complexity index is 1650. The fourth-order valence-corrected chi connectivity index (χ4v) is 11.5. The lowest BCUT2D eigenvalue weighted by Gasteiger charge is -2.21. The maximum atomic E-state index is 13.0. The van der Waals surface area contributed by atoms with E-state index in [4.69, 9.17) is 37.0 Å². The molecule has 0 heterocycles. The van der Waals surface area contributed by atoms with E-state index in [1.165, 1.54) is 148 Å². The number of esters is 4. The van der Waals surface area contributed by atoms with Gasteiger partial charge in [-0.1, -0.05) is 285 Å². The van der Waals surface area contributed by atoms with Gasteiger partial charge >= 0.3 is 39.5 Å². The van der Waals surface area contributed by atoms with Crippen LogP contribution in [-0.4, -0.2) is 96.7 Å². The largest absolute Gasteiger partial charge is 0.472 e. The van der Waals surface area contributed by atoms with E-state index in [1.807, 2.05) is 0 Å². The minimum absolute atomic E-state index is 0.106. The van der Waals surface area contributed by atoms with Gasteiger partial charge in [0, 0.05) is 25.7 Å². The van der Waals surface area contributed by atoms with Crippen molar-refractivity contribution in [3.05, 3.63) is 0 Å². The van der Waals surface area contributed by atoms with E-state index in [0.29, 0.717) is 25.7 Å². The molecule has 0 aromatic heterocycles. The fraction of sp³-hybridized carbons (Fsp3) is 0.939. The summed E-state index contributed by atoms with van der Waals surface area (Å²) in [5.74, 6) is -1.33. The molecule has 0 fully saturated rings. The van der Waals surface area contributed by atoms with Crippen LogP contribution in [0.25, 0.3) is 0 Å². The SMILES string of the molecule is CCCCCCCCCCCCCC(=O)OC[C@H](COP(=O)(O)OC[C@@H](O)COP(=O)(O)OC[C@@H](COC(=O)CCCCCCCCC)OC(=O)CCCCCCCCCCC)OC(=O)CCCCCCCCCCCCCCCCCC(C)C. The third kappa shape index (κ3) is 60.7. The molecule has 0 spiro atoms. The number of rotatable bonds is 66. The van der Waals surface area contributed by atoms with E-state index in [-0.39, 0.29) is 25.7 Å². The van der Waals surface area contributed by atoms with Gasteiger partial charge in [0.2, 0.25) is 0 Å². The summed E-state index contributed by atoms with van der Waals surface area (Å²) in [7, 11) is -9.88. The van der Waals surface area contributed by atoms with E-state index in [9.17, 15) is 43.2 Å². The molecule has 2 unspecified atom stereocenters. The molecule has 0 aromatic rings. The van der Waals surface area contributed by atoms with Crippen molar-refractivity contribution >= 4 is 39.5 Å². The van der Waals surface area contributed by atoms with Crippen LogP contribution in [0.2, 0.25) is 0 Å². The minimum Gasteiger partial charge on any atom is -0.462 e. The Morgan fingerprint density at radius 3 is 0.800 bits per heavy atom. The fourth-order valence-electron chi connectivity index (χ4n) is 9.94. The van der Waals surface area contributed by atoms with Gasteiger partial charge in [0.1, 0.15) is 19.3 Å². The zero-order chi connectivity index (χ0) is 62.8.